The van der Waals surface area contributed by atoms with Crippen molar-refractivity contribution in [3.63, 3.8) is 0 Å². The van der Waals surface area contributed by atoms with E-state index in [-0.39, 0.29) is 17.0 Å². The van der Waals surface area contributed by atoms with Gasteiger partial charge < -0.3 is 4.74 Å². The summed E-state index contributed by atoms with van der Waals surface area (Å²) in [6.45, 7) is -1.44. The van der Waals surface area contributed by atoms with Crippen molar-refractivity contribution < 1.29 is 22.8 Å². The van der Waals surface area contributed by atoms with Gasteiger partial charge in [0.1, 0.15) is 11.3 Å². The summed E-state index contributed by atoms with van der Waals surface area (Å²) in [5, 5.41) is 11.1. The highest BCUT2D eigenvalue weighted by atomic mass is 19.4. The average molecular weight is 272 g/mol. The summed E-state index contributed by atoms with van der Waals surface area (Å²) in [7, 11) is 0. The maximum atomic E-state index is 12.0. The first-order chi connectivity index (χ1) is 8.87. The van der Waals surface area contributed by atoms with Crippen LogP contribution in [0.3, 0.4) is 0 Å². The van der Waals surface area contributed by atoms with E-state index >= 15 is 0 Å². The molecule has 5 nitrogen and oxygen atoms in total. The molecular formula is C11H7F3N2O3. The molecule has 0 amide bonds. The summed E-state index contributed by atoms with van der Waals surface area (Å²) >= 11 is 0. The lowest BCUT2D eigenvalue weighted by molar-refractivity contribution is -0.383. The van der Waals surface area contributed by atoms with Gasteiger partial charge in [-0.1, -0.05) is 12.1 Å². The smallest absolute Gasteiger partial charge is 0.422 e. The Morgan fingerprint density at radius 3 is 2.74 bits per heavy atom. The van der Waals surface area contributed by atoms with Gasteiger partial charge in [-0.2, -0.15) is 13.2 Å². The fourth-order valence-corrected chi connectivity index (χ4v) is 1.52. The van der Waals surface area contributed by atoms with E-state index in [4.69, 9.17) is 0 Å². The van der Waals surface area contributed by atoms with Crippen LogP contribution in [0.2, 0.25) is 0 Å². The first-order valence-electron chi connectivity index (χ1n) is 5.09. The van der Waals surface area contributed by atoms with E-state index in [9.17, 15) is 23.3 Å². The van der Waals surface area contributed by atoms with Crippen molar-refractivity contribution in [3.05, 3.63) is 40.6 Å². The molecule has 2 rings (SSSR count). The molecule has 0 saturated carbocycles. The fraction of sp³-hybridized carbons (Fsp3) is 0.182. The van der Waals surface area contributed by atoms with Crippen molar-refractivity contribution in [1.82, 2.24) is 4.98 Å². The molecular weight excluding hydrogens is 265 g/mol. The molecule has 0 aliphatic rings. The predicted molar refractivity (Wildman–Crippen MR) is 59.9 cm³/mol. The third-order valence-corrected chi connectivity index (χ3v) is 2.26. The lowest BCUT2D eigenvalue weighted by Gasteiger charge is -2.09. The van der Waals surface area contributed by atoms with E-state index in [1.54, 1.807) is 0 Å². The molecule has 8 heteroatoms. The molecule has 0 N–H and O–H groups in total. The number of nitro groups is 1. The number of hydrogen-bond acceptors (Lipinski definition) is 4. The molecule has 0 aliphatic carbocycles. The van der Waals surface area contributed by atoms with Crippen LogP contribution >= 0.6 is 0 Å². The number of fused-ring (bicyclic) bond motifs is 1. The first-order valence-corrected chi connectivity index (χ1v) is 5.09. The number of pyridine rings is 1. The van der Waals surface area contributed by atoms with E-state index in [1.165, 1.54) is 24.3 Å². The molecule has 0 atom stereocenters. The molecule has 0 spiro atoms. The van der Waals surface area contributed by atoms with Crippen LogP contribution in [0, 0.1) is 10.1 Å². The zero-order valence-corrected chi connectivity index (χ0v) is 9.35. The number of nitro benzene ring substituents is 1. The van der Waals surface area contributed by atoms with Crippen molar-refractivity contribution >= 4 is 16.6 Å². The minimum absolute atomic E-state index is 0.0923. The minimum atomic E-state index is -4.45. The van der Waals surface area contributed by atoms with Crippen LogP contribution < -0.4 is 4.74 Å². The Labute approximate surface area is 104 Å². The van der Waals surface area contributed by atoms with Gasteiger partial charge in [0.05, 0.1) is 11.1 Å². The van der Waals surface area contributed by atoms with Gasteiger partial charge in [-0.25, -0.2) is 4.98 Å². The Balaban J connectivity index is 2.34. The Bertz CT molecular complexity index is 628. The van der Waals surface area contributed by atoms with Gasteiger partial charge in [0, 0.05) is 11.5 Å². The number of ether oxygens (including phenoxy) is 1. The molecule has 0 bridgehead atoms. The Morgan fingerprint density at radius 1 is 1.37 bits per heavy atom. The Morgan fingerprint density at radius 2 is 2.11 bits per heavy atom. The lowest BCUT2D eigenvalue weighted by atomic mass is 10.2. The van der Waals surface area contributed by atoms with Gasteiger partial charge >= 0.3 is 6.18 Å². The lowest BCUT2D eigenvalue weighted by Crippen LogP contribution is -2.19. The number of hydrogen-bond donors (Lipinski definition) is 0. The molecule has 0 radical (unpaired) electrons. The number of para-hydroxylation sites is 1. The molecule has 19 heavy (non-hydrogen) atoms. The zero-order chi connectivity index (χ0) is 14.0. The van der Waals surface area contributed by atoms with Gasteiger partial charge in [0.2, 0.25) is 0 Å². The van der Waals surface area contributed by atoms with Crippen LogP contribution in [-0.4, -0.2) is 22.7 Å². The number of benzene rings is 1. The minimum Gasteiger partial charge on any atom is -0.482 e. The zero-order valence-electron chi connectivity index (χ0n) is 9.35. The fourth-order valence-electron chi connectivity index (χ4n) is 1.52. The van der Waals surface area contributed by atoms with Crippen LogP contribution in [0.15, 0.2) is 30.5 Å². The molecule has 100 valence electrons. The molecule has 0 unspecified atom stereocenters. The highest BCUT2D eigenvalue weighted by molar-refractivity contribution is 5.87. The van der Waals surface area contributed by atoms with Crippen LogP contribution in [0.4, 0.5) is 18.9 Å². The number of alkyl halides is 3. The largest absolute Gasteiger partial charge is 0.482 e. The van der Waals surface area contributed by atoms with E-state index in [0.717, 1.165) is 6.20 Å². The Hall–Kier alpha value is -2.38. The van der Waals surface area contributed by atoms with Gasteiger partial charge in [-0.3, -0.25) is 10.1 Å². The molecule has 1 aromatic carbocycles. The number of rotatable bonds is 3. The van der Waals surface area contributed by atoms with Crippen molar-refractivity contribution in [1.29, 1.82) is 0 Å². The second kappa shape index (κ2) is 4.71. The van der Waals surface area contributed by atoms with Gasteiger partial charge in [0.15, 0.2) is 6.61 Å². The average Bonchev–Trinajstić information content (AvgIpc) is 2.34. The predicted octanol–water partition coefficient (Wildman–Crippen LogP) is 3.08. The topological polar surface area (TPSA) is 65.3 Å². The summed E-state index contributed by atoms with van der Waals surface area (Å²) in [6, 6.07) is 5.48. The van der Waals surface area contributed by atoms with E-state index in [2.05, 4.69) is 9.72 Å². The number of nitrogens with zero attached hydrogens (tertiary/aromatic N) is 2. The van der Waals surface area contributed by atoms with Crippen LogP contribution in [0.25, 0.3) is 10.9 Å². The molecule has 0 saturated heterocycles. The number of aromatic nitrogens is 1. The molecule has 1 heterocycles. The Kier molecular flexibility index (Phi) is 3.24. The summed E-state index contributed by atoms with van der Waals surface area (Å²) in [4.78, 5) is 13.9. The quantitative estimate of drug-likeness (QED) is 0.636. The van der Waals surface area contributed by atoms with Crippen LogP contribution in [-0.2, 0) is 0 Å². The third kappa shape index (κ3) is 3.09. The van der Waals surface area contributed by atoms with E-state index in [1.807, 2.05) is 0 Å². The summed E-state index contributed by atoms with van der Waals surface area (Å²) < 4.78 is 40.5. The molecule has 1 aromatic heterocycles. The van der Waals surface area contributed by atoms with Gasteiger partial charge in [-0.05, 0) is 6.07 Å². The second-order valence-corrected chi connectivity index (χ2v) is 3.68. The first kappa shape index (κ1) is 13.1. The van der Waals surface area contributed by atoms with Crippen LogP contribution in [0.5, 0.6) is 5.75 Å². The normalized spacial score (nSPS) is 11.5. The molecule has 0 fully saturated rings. The van der Waals surface area contributed by atoms with Crippen molar-refractivity contribution in [3.8, 4) is 5.75 Å². The monoisotopic (exact) mass is 272 g/mol. The van der Waals surface area contributed by atoms with Gasteiger partial charge in [-0.15, -0.1) is 0 Å². The summed E-state index contributed by atoms with van der Waals surface area (Å²) in [5.41, 5.74) is -0.105. The van der Waals surface area contributed by atoms with E-state index < -0.39 is 17.7 Å². The third-order valence-electron chi connectivity index (χ3n) is 2.26. The van der Waals surface area contributed by atoms with Crippen molar-refractivity contribution in [2.75, 3.05) is 6.61 Å². The highest BCUT2D eigenvalue weighted by Crippen LogP contribution is 2.26. The molecule has 0 aliphatic heterocycles. The summed E-state index contributed by atoms with van der Waals surface area (Å²) in [6.07, 6.45) is -3.42. The van der Waals surface area contributed by atoms with Crippen molar-refractivity contribution in [2.45, 2.75) is 6.18 Å². The highest BCUT2D eigenvalue weighted by Gasteiger charge is 2.28. The van der Waals surface area contributed by atoms with E-state index in [0.29, 0.717) is 5.39 Å². The number of non-ortho nitro benzene ring substituents is 1. The van der Waals surface area contributed by atoms with Gasteiger partial charge in [0.25, 0.3) is 5.69 Å². The maximum Gasteiger partial charge on any atom is 0.422 e. The summed E-state index contributed by atoms with van der Waals surface area (Å²) in [5.74, 6) is -0.0923. The van der Waals surface area contributed by atoms with Crippen LogP contribution in [0.1, 0.15) is 0 Å². The maximum absolute atomic E-state index is 12.0. The number of halogens is 3. The second-order valence-electron chi connectivity index (χ2n) is 3.68. The molecule has 2 aromatic rings. The van der Waals surface area contributed by atoms with Crippen molar-refractivity contribution in [2.24, 2.45) is 0 Å². The standard InChI is InChI=1S/C11H7F3N2O3/c12-11(13,14)6-19-8-4-7-2-1-3-9(16(17)18)10(7)15-5-8/h1-5H,6H2. The SMILES string of the molecule is O=[N+]([O-])c1cccc2cc(OCC(F)(F)F)cnc12.